The number of rotatable bonds is 7. The SMILES string of the molecule is CCc1cc2c(NCCCSC)nc(NC)nc2s1. The van der Waals surface area contributed by atoms with Crippen LogP contribution in [-0.4, -0.2) is 35.6 Å². The van der Waals surface area contributed by atoms with Crippen molar-refractivity contribution in [2.45, 2.75) is 19.8 Å². The van der Waals surface area contributed by atoms with E-state index in [0.29, 0.717) is 5.95 Å². The maximum Gasteiger partial charge on any atom is 0.225 e. The van der Waals surface area contributed by atoms with Gasteiger partial charge in [0.1, 0.15) is 10.6 Å². The quantitative estimate of drug-likeness (QED) is 0.766. The largest absolute Gasteiger partial charge is 0.369 e. The lowest BCUT2D eigenvalue weighted by Crippen LogP contribution is -2.06. The predicted octanol–water partition coefficient (Wildman–Crippen LogP) is 3.46. The van der Waals surface area contributed by atoms with Gasteiger partial charge in [0.05, 0.1) is 5.39 Å². The summed E-state index contributed by atoms with van der Waals surface area (Å²) in [6.07, 6.45) is 4.32. The number of aromatic nitrogens is 2. The summed E-state index contributed by atoms with van der Waals surface area (Å²) in [6, 6.07) is 2.20. The first-order valence-electron chi connectivity index (χ1n) is 6.49. The van der Waals surface area contributed by atoms with E-state index >= 15 is 0 Å². The van der Waals surface area contributed by atoms with Crippen LogP contribution in [0, 0.1) is 0 Å². The molecule has 0 aromatic carbocycles. The second-order valence-electron chi connectivity index (χ2n) is 4.20. The third-order valence-electron chi connectivity index (χ3n) is 2.83. The molecule has 104 valence electrons. The molecule has 6 heteroatoms. The lowest BCUT2D eigenvalue weighted by atomic mass is 10.3. The third kappa shape index (κ3) is 3.51. The fraction of sp³-hybridized carbons (Fsp3) is 0.538. The van der Waals surface area contributed by atoms with Crippen molar-refractivity contribution in [2.24, 2.45) is 0 Å². The summed E-state index contributed by atoms with van der Waals surface area (Å²) >= 11 is 3.62. The number of nitrogens with one attached hydrogen (secondary N) is 2. The molecular weight excluding hydrogens is 276 g/mol. The van der Waals surface area contributed by atoms with Gasteiger partial charge in [0.2, 0.25) is 5.95 Å². The Balaban J connectivity index is 2.25. The number of thiophene rings is 1. The van der Waals surface area contributed by atoms with Crippen molar-refractivity contribution in [1.29, 1.82) is 0 Å². The maximum absolute atomic E-state index is 4.53. The Morgan fingerprint density at radius 2 is 2.21 bits per heavy atom. The van der Waals surface area contributed by atoms with Gasteiger partial charge >= 0.3 is 0 Å². The van der Waals surface area contributed by atoms with Gasteiger partial charge in [-0.3, -0.25) is 0 Å². The van der Waals surface area contributed by atoms with E-state index in [2.05, 4.69) is 39.8 Å². The zero-order valence-electron chi connectivity index (χ0n) is 11.6. The highest BCUT2D eigenvalue weighted by atomic mass is 32.2. The van der Waals surface area contributed by atoms with E-state index in [-0.39, 0.29) is 0 Å². The molecule has 0 aliphatic heterocycles. The monoisotopic (exact) mass is 296 g/mol. The average Bonchev–Trinajstić information content (AvgIpc) is 2.86. The highest BCUT2D eigenvalue weighted by molar-refractivity contribution is 7.98. The fourth-order valence-corrected chi connectivity index (χ4v) is 3.22. The van der Waals surface area contributed by atoms with Crippen LogP contribution in [0.15, 0.2) is 6.07 Å². The van der Waals surface area contributed by atoms with E-state index in [4.69, 9.17) is 0 Å². The molecule has 2 rings (SSSR count). The van der Waals surface area contributed by atoms with Crippen molar-refractivity contribution in [1.82, 2.24) is 9.97 Å². The first-order chi connectivity index (χ1) is 9.28. The minimum atomic E-state index is 0.685. The first-order valence-corrected chi connectivity index (χ1v) is 8.70. The zero-order valence-corrected chi connectivity index (χ0v) is 13.2. The molecule has 0 unspecified atom stereocenters. The molecule has 0 saturated carbocycles. The lowest BCUT2D eigenvalue weighted by Gasteiger charge is -2.08. The van der Waals surface area contributed by atoms with Crippen LogP contribution in [0.25, 0.3) is 10.2 Å². The Kier molecular flexibility index (Phi) is 5.27. The summed E-state index contributed by atoms with van der Waals surface area (Å²) in [4.78, 5) is 11.5. The number of hydrogen-bond donors (Lipinski definition) is 2. The molecule has 0 aliphatic carbocycles. The van der Waals surface area contributed by atoms with Gasteiger partial charge in [-0.05, 0) is 30.9 Å². The minimum Gasteiger partial charge on any atom is -0.369 e. The van der Waals surface area contributed by atoms with Gasteiger partial charge in [-0.15, -0.1) is 11.3 Å². The summed E-state index contributed by atoms with van der Waals surface area (Å²) in [5, 5.41) is 7.61. The standard InChI is InChI=1S/C13H20N4S2/c1-4-9-8-10-11(15-6-5-7-18-3)16-13(14-2)17-12(10)19-9/h8H,4-7H2,1-3H3,(H2,14,15,16,17). The van der Waals surface area contributed by atoms with E-state index in [1.165, 1.54) is 10.6 Å². The van der Waals surface area contributed by atoms with Crippen molar-refractivity contribution in [3.05, 3.63) is 10.9 Å². The molecule has 0 amide bonds. The molecule has 2 heterocycles. The molecule has 2 N–H and O–H groups in total. The molecule has 0 bridgehead atoms. The average molecular weight is 296 g/mol. The van der Waals surface area contributed by atoms with Crippen LogP contribution in [0.2, 0.25) is 0 Å². The van der Waals surface area contributed by atoms with Crippen LogP contribution < -0.4 is 10.6 Å². The second-order valence-corrected chi connectivity index (χ2v) is 6.30. The van der Waals surface area contributed by atoms with Crippen LogP contribution >= 0.6 is 23.1 Å². The molecule has 0 aliphatic rings. The Morgan fingerprint density at radius 1 is 1.37 bits per heavy atom. The summed E-state index contributed by atoms with van der Waals surface area (Å²) in [5.41, 5.74) is 0. The van der Waals surface area contributed by atoms with Crippen molar-refractivity contribution in [2.75, 3.05) is 36.2 Å². The normalized spacial score (nSPS) is 10.9. The second kappa shape index (κ2) is 6.96. The number of aryl methyl sites for hydroxylation is 1. The molecule has 19 heavy (non-hydrogen) atoms. The Bertz CT molecular complexity index is 539. The summed E-state index contributed by atoms with van der Waals surface area (Å²) in [5.74, 6) is 2.81. The minimum absolute atomic E-state index is 0.685. The maximum atomic E-state index is 4.53. The summed E-state index contributed by atoms with van der Waals surface area (Å²) < 4.78 is 0. The summed E-state index contributed by atoms with van der Waals surface area (Å²) in [7, 11) is 1.85. The number of nitrogens with zero attached hydrogens (tertiary/aromatic N) is 2. The lowest BCUT2D eigenvalue weighted by molar-refractivity contribution is 0.982. The topological polar surface area (TPSA) is 49.8 Å². The molecule has 0 spiro atoms. The van der Waals surface area contributed by atoms with E-state index in [1.807, 2.05) is 18.8 Å². The Morgan fingerprint density at radius 3 is 2.89 bits per heavy atom. The van der Waals surface area contributed by atoms with E-state index < -0.39 is 0 Å². The van der Waals surface area contributed by atoms with E-state index in [0.717, 1.165) is 35.4 Å². The molecule has 4 nitrogen and oxygen atoms in total. The number of fused-ring (bicyclic) bond motifs is 1. The van der Waals surface area contributed by atoms with Gasteiger partial charge in [-0.25, -0.2) is 4.98 Å². The zero-order chi connectivity index (χ0) is 13.7. The van der Waals surface area contributed by atoms with Gasteiger partial charge in [0.25, 0.3) is 0 Å². The highest BCUT2D eigenvalue weighted by Crippen LogP contribution is 2.30. The molecule has 2 aromatic rings. The molecule has 0 radical (unpaired) electrons. The van der Waals surface area contributed by atoms with E-state index in [1.54, 1.807) is 11.3 Å². The van der Waals surface area contributed by atoms with E-state index in [9.17, 15) is 0 Å². The fourth-order valence-electron chi connectivity index (χ4n) is 1.82. The van der Waals surface area contributed by atoms with Crippen molar-refractivity contribution < 1.29 is 0 Å². The molecule has 2 aromatic heterocycles. The highest BCUT2D eigenvalue weighted by Gasteiger charge is 2.10. The predicted molar refractivity (Wildman–Crippen MR) is 87.8 cm³/mol. The number of thioether (sulfide) groups is 1. The van der Waals surface area contributed by atoms with Crippen molar-refractivity contribution in [3.63, 3.8) is 0 Å². The number of anilines is 2. The van der Waals surface area contributed by atoms with Crippen molar-refractivity contribution >= 4 is 45.1 Å². The number of hydrogen-bond acceptors (Lipinski definition) is 6. The van der Waals surface area contributed by atoms with Gasteiger partial charge < -0.3 is 10.6 Å². The van der Waals surface area contributed by atoms with Crippen LogP contribution in [0.3, 0.4) is 0 Å². The van der Waals surface area contributed by atoms with Crippen LogP contribution in [0.1, 0.15) is 18.2 Å². The summed E-state index contributed by atoms with van der Waals surface area (Å²) in [6.45, 7) is 3.12. The molecular formula is C13H20N4S2. The van der Waals surface area contributed by atoms with Crippen LogP contribution in [0.4, 0.5) is 11.8 Å². The Hall–Kier alpha value is -1.01. The van der Waals surface area contributed by atoms with Gasteiger partial charge in [-0.1, -0.05) is 6.92 Å². The first kappa shape index (κ1) is 14.4. The Labute approximate surface area is 122 Å². The van der Waals surface area contributed by atoms with Gasteiger partial charge in [0.15, 0.2) is 0 Å². The smallest absolute Gasteiger partial charge is 0.225 e. The molecule has 0 atom stereocenters. The van der Waals surface area contributed by atoms with Gasteiger partial charge in [-0.2, -0.15) is 16.7 Å². The van der Waals surface area contributed by atoms with Crippen molar-refractivity contribution in [3.8, 4) is 0 Å². The van der Waals surface area contributed by atoms with Crippen LogP contribution in [-0.2, 0) is 6.42 Å². The molecule has 0 saturated heterocycles. The molecule has 0 fully saturated rings. The van der Waals surface area contributed by atoms with Crippen LogP contribution in [0.5, 0.6) is 0 Å². The van der Waals surface area contributed by atoms with Gasteiger partial charge in [0, 0.05) is 18.5 Å². The third-order valence-corrected chi connectivity index (χ3v) is 4.70.